The topological polar surface area (TPSA) is 95.6 Å². The Balaban J connectivity index is 0.00000280. The summed E-state index contributed by atoms with van der Waals surface area (Å²) in [5.41, 5.74) is 0.956. The van der Waals surface area contributed by atoms with Crippen molar-refractivity contribution in [1.82, 2.24) is 10.2 Å². The maximum absolute atomic E-state index is 12.9. The molecule has 2 aliphatic heterocycles. The van der Waals surface area contributed by atoms with Crippen LogP contribution in [0.3, 0.4) is 0 Å². The number of carbonyl (C=O) groups excluding carboxylic acids is 2. The number of nitrogens with zero attached hydrogens (tertiary/aromatic N) is 1. The van der Waals surface area contributed by atoms with Gasteiger partial charge in [-0.2, -0.15) is 0 Å². The lowest BCUT2D eigenvalue weighted by atomic mass is 9.95. The molecule has 2 saturated heterocycles. The van der Waals surface area contributed by atoms with Gasteiger partial charge >= 0.3 is 0 Å². The largest absolute Gasteiger partial charge is 0.339 e. The minimum absolute atomic E-state index is 0. The van der Waals surface area contributed by atoms with Gasteiger partial charge in [0.2, 0.25) is 5.91 Å². The number of halogens is 1. The van der Waals surface area contributed by atoms with Crippen molar-refractivity contribution >= 4 is 39.7 Å². The van der Waals surface area contributed by atoms with Crippen LogP contribution < -0.4 is 10.6 Å². The van der Waals surface area contributed by atoms with Gasteiger partial charge in [0.05, 0.1) is 0 Å². The number of carbonyl (C=O) groups is 2. The lowest BCUT2D eigenvalue weighted by molar-refractivity contribution is -0.119. The van der Waals surface area contributed by atoms with Gasteiger partial charge in [0, 0.05) is 30.6 Å². The van der Waals surface area contributed by atoms with Gasteiger partial charge in [0.25, 0.3) is 5.91 Å². The van der Waals surface area contributed by atoms with E-state index in [4.69, 9.17) is 0 Å². The van der Waals surface area contributed by atoms with Crippen LogP contribution in [0, 0.1) is 0 Å². The monoisotopic (exact) mass is 429 g/mol. The maximum Gasteiger partial charge on any atom is 0.253 e. The average Bonchev–Trinajstić information content (AvgIpc) is 2.68. The van der Waals surface area contributed by atoms with E-state index in [9.17, 15) is 18.0 Å². The van der Waals surface area contributed by atoms with Crippen LogP contribution in [0.5, 0.6) is 0 Å². The van der Waals surface area contributed by atoms with Crippen molar-refractivity contribution in [2.75, 3.05) is 37.8 Å². The second-order valence-electron chi connectivity index (χ2n) is 7.40. The summed E-state index contributed by atoms with van der Waals surface area (Å²) in [6, 6.07) is 6.75. The van der Waals surface area contributed by atoms with Crippen LogP contribution in [0.4, 0.5) is 5.69 Å². The van der Waals surface area contributed by atoms with Gasteiger partial charge in [0.15, 0.2) is 14.6 Å². The molecule has 1 aromatic carbocycles. The van der Waals surface area contributed by atoms with Gasteiger partial charge in [-0.05, 0) is 63.4 Å². The van der Waals surface area contributed by atoms with Crippen LogP contribution in [0.25, 0.3) is 0 Å². The van der Waals surface area contributed by atoms with E-state index in [1.54, 1.807) is 24.3 Å². The van der Waals surface area contributed by atoms with Crippen LogP contribution in [0.15, 0.2) is 24.3 Å². The van der Waals surface area contributed by atoms with Crippen molar-refractivity contribution in [2.24, 2.45) is 0 Å². The zero-order chi connectivity index (χ0) is 19.5. The molecule has 2 fully saturated rings. The molecule has 1 aromatic rings. The Morgan fingerprint density at radius 2 is 1.75 bits per heavy atom. The summed E-state index contributed by atoms with van der Waals surface area (Å²) >= 11 is 0. The molecule has 28 heavy (non-hydrogen) atoms. The molecule has 0 bridgehead atoms. The SMILES string of the molecule is CS(=O)(=O)C1(C(=O)Nc2cccc(C(=O)N3CCCCC3)c2)CCNCC1.Cl. The predicted octanol–water partition coefficient (Wildman–Crippen LogP) is 1.84. The Bertz CT molecular complexity index is 816. The molecular formula is C19H28ClN3O4S. The summed E-state index contributed by atoms with van der Waals surface area (Å²) in [6.45, 7) is 2.46. The molecule has 0 saturated carbocycles. The summed E-state index contributed by atoms with van der Waals surface area (Å²) in [5.74, 6) is -0.570. The second kappa shape index (κ2) is 9.24. The molecule has 0 aliphatic carbocycles. The van der Waals surface area contributed by atoms with Crippen molar-refractivity contribution in [2.45, 2.75) is 36.9 Å². The molecule has 3 rings (SSSR count). The van der Waals surface area contributed by atoms with Crippen LogP contribution in [-0.4, -0.2) is 62.3 Å². The van der Waals surface area contributed by atoms with E-state index in [2.05, 4.69) is 10.6 Å². The van der Waals surface area contributed by atoms with Crippen LogP contribution in [-0.2, 0) is 14.6 Å². The fourth-order valence-electron chi connectivity index (χ4n) is 3.85. The van der Waals surface area contributed by atoms with E-state index in [1.165, 1.54) is 0 Å². The van der Waals surface area contributed by atoms with E-state index in [0.29, 0.717) is 24.3 Å². The van der Waals surface area contributed by atoms with Gasteiger partial charge in [-0.1, -0.05) is 6.07 Å². The number of sulfone groups is 1. The molecule has 0 atom stereocenters. The molecule has 0 radical (unpaired) electrons. The molecule has 2 N–H and O–H groups in total. The Labute approximate surface area is 172 Å². The summed E-state index contributed by atoms with van der Waals surface area (Å²) in [6.07, 6.45) is 4.75. The highest BCUT2D eigenvalue weighted by atomic mass is 35.5. The van der Waals surface area contributed by atoms with Gasteiger partial charge in [0.1, 0.15) is 0 Å². The number of likely N-dealkylation sites (tertiary alicyclic amines) is 1. The van der Waals surface area contributed by atoms with Gasteiger partial charge in [-0.3, -0.25) is 9.59 Å². The molecule has 0 spiro atoms. The minimum Gasteiger partial charge on any atom is -0.339 e. The van der Waals surface area contributed by atoms with Crippen molar-refractivity contribution in [3.63, 3.8) is 0 Å². The number of piperidine rings is 2. The molecule has 7 nitrogen and oxygen atoms in total. The molecule has 0 aromatic heterocycles. The molecule has 156 valence electrons. The molecule has 2 amide bonds. The highest BCUT2D eigenvalue weighted by molar-refractivity contribution is 7.92. The summed E-state index contributed by atoms with van der Waals surface area (Å²) in [5, 5.41) is 5.84. The zero-order valence-electron chi connectivity index (χ0n) is 16.1. The molecule has 0 unspecified atom stereocenters. The third-order valence-corrected chi connectivity index (χ3v) is 7.56. The molecule has 9 heteroatoms. The van der Waals surface area contributed by atoms with Gasteiger partial charge < -0.3 is 15.5 Å². The first-order valence-corrected chi connectivity index (χ1v) is 11.3. The van der Waals surface area contributed by atoms with E-state index in [-0.39, 0.29) is 31.2 Å². The second-order valence-corrected chi connectivity index (χ2v) is 9.73. The van der Waals surface area contributed by atoms with Crippen LogP contribution in [0.2, 0.25) is 0 Å². The third kappa shape index (κ3) is 4.67. The number of benzene rings is 1. The van der Waals surface area contributed by atoms with Crippen molar-refractivity contribution < 1.29 is 18.0 Å². The molecular weight excluding hydrogens is 402 g/mol. The smallest absolute Gasteiger partial charge is 0.253 e. The number of hydrogen-bond donors (Lipinski definition) is 2. The Morgan fingerprint density at radius 1 is 1.11 bits per heavy atom. The number of rotatable bonds is 4. The summed E-state index contributed by atoms with van der Waals surface area (Å²) in [7, 11) is -3.58. The number of anilines is 1. The first-order chi connectivity index (χ1) is 12.8. The highest BCUT2D eigenvalue weighted by Crippen LogP contribution is 2.29. The summed E-state index contributed by atoms with van der Waals surface area (Å²) in [4.78, 5) is 27.4. The zero-order valence-corrected chi connectivity index (χ0v) is 17.7. The quantitative estimate of drug-likeness (QED) is 0.761. The Hall–Kier alpha value is -1.64. The molecule has 2 aliphatic rings. The number of amides is 2. The standard InChI is InChI=1S/C19H27N3O4S.ClH/c1-27(25,26)19(8-10-20-11-9-19)18(24)21-16-7-5-6-15(14-16)17(23)22-12-3-2-4-13-22;/h5-7,14,20H,2-4,8-13H2,1H3,(H,21,24);1H. The van der Waals surface area contributed by atoms with Gasteiger partial charge in [-0.25, -0.2) is 8.42 Å². The van der Waals surface area contributed by atoms with Crippen molar-refractivity contribution in [3.8, 4) is 0 Å². The fraction of sp³-hybridized carbons (Fsp3) is 0.579. The maximum atomic E-state index is 12.9. The first kappa shape index (κ1) is 22.6. The first-order valence-electron chi connectivity index (χ1n) is 9.45. The number of hydrogen-bond acceptors (Lipinski definition) is 5. The average molecular weight is 430 g/mol. The van der Waals surface area contributed by atoms with Crippen LogP contribution in [0.1, 0.15) is 42.5 Å². The van der Waals surface area contributed by atoms with Crippen LogP contribution >= 0.6 is 12.4 Å². The van der Waals surface area contributed by atoms with E-state index < -0.39 is 20.5 Å². The van der Waals surface area contributed by atoms with Gasteiger partial charge in [-0.15, -0.1) is 12.4 Å². The third-order valence-electron chi connectivity index (χ3n) is 5.55. The Kier molecular flexibility index (Phi) is 7.47. The van der Waals surface area contributed by atoms with E-state index >= 15 is 0 Å². The Morgan fingerprint density at radius 3 is 2.36 bits per heavy atom. The lowest BCUT2D eigenvalue weighted by Gasteiger charge is -2.34. The normalized spacial score (nSPS) is 19.4. The van der Waals surface area contributed by atoms with Crippen molar-refractivity contribution in [1.29, 1.82) is 0 Å². The molecule has 2 heterocycles. The fourth-order valence-corrected chi connectivity index (χ4v) is 5.18. The predicted molar refractivity (Wildman–Crippen MR) is 112 cm³/mol. The number of nitrogens with one attached hydrogen (secondary N) is 2. The van der Waals surface area contributed by atoms with E-state index in [0.717, 1.165) is 38.6 Å². The minimum atomic E-state index is -3.58. The van der Waals surface area contributed by atoms with Crippen molar-refractivity contribution in [3.05, 3.63) is 29.8 Å². The lowest BCUT2D eigenvalue weighted by Crippen LogP contribution is -2.55. The summed E-state index contributed by atoms with van der Waals surface area (Å²) < 4.78 is 23.3. The highest BCUT2D eigenvalue weighted by Gasteiger charge is 2.48. The van der Waals surface area contributed by atoms with E-state index in [1.807, 2.05) is 4.90 Å².